The molecular weight excluding hydrogens is 590 g/mol. The van der Waals surface area contributed by atoms with Crippen molar-refractivity contribution in [3.63, 3.8) is 0 Å². The summed E-state index contributed by atoms with van der Waals surface area (Å²) < 4.78 is 4.91. The molecule has 252 valence electrons. The Balaban J connectivity index is 0.000000626. The summed E-state index contributed by atoms with van der Waals surface area (Å²) in [6.45, 7) is 12.5. The summed E-state index contributed by atoms with van der Waals surface area (Å²) >= 11 is 0. The highest BCUT2D eigenvalue weighted by molar-refractivity contribution is 5.84. The highest BCUT2D eigenvalue weighted by atomic mass is 16.5. The number of hydrogen-bond acceptors (Lipinski definition) is 11. The van der Waals surface area contributed by atoms with Gasteiger partial charge in [0.05, 0.1) is 29.9 Å². The van der Waals surface area contributed by atoms with Gasteiger partial charge in [-0.3, -0.25) is 19.6 Å². The zero-order valence-electron chi connectivity index (χ0n) is 27.7. The number of phenolic OH excluding ortho intramolecular Hbond substituents is 3. The Hall–Kier alpha value is -4.58. The predicted molar refractivity (Wildman–Crippen MR) is 182 cm³/mol. The van der Waals surface area contributed by atoms with Crippen molar-refractivity contribution >= 4 is 24.7 Å². The van der Waals surface area contributed by atoms with Crippen LogP contribution in [0.3, 0.4) is 0 Å². The van der Waals surface area contributed by atoms with Crippen LogP contribution in [-0.2, 0) is 9.53 Å². The Bertz CT molecular complexity index is 1400. The number of aliphatic hydroxyl groups is 2. The monoisotopic (exact) mass is 639 g/mol. The average molecular weight is 640 g/mol. The summed E-state index contributed by atoms with van der Waals surface area (Å²) in [5, 5.41) is 45.1. The van der Waals surface area contributed by atoms with Crippen molar-refractivity contribution in [3.8, 4) is 17.2 Å². The van der Waals surface area contributed by atoms with Gasteiger partial charge in [0.15, 0.2) is 6.29 Å². The van der Waals surface area contributed by atoms with Gasteiger partial charge < -0.3 is 36.0 Å². The number of benzene rings is 3. The zero-order chi connectivity index (χ0) is 35.4. The van der Waals surface area contributed by atoms with Gasteiger partial charge in [0.25, 0.3) is 0 Å². The molecule has 0 aliphatic carbocycles. The standard InChI is InChI=1S/C13H17NO3.C11H15NO2.C7H6O2.C4H11NO/c1-10(15)17-9-13(2,3)14-8-11-6-4-5-7-12(11)16;1-11(2,8-13)12-7-9-5-3-4-6-10(9)14;8-5-6-3-1-2-4-7(6)9;1-4(2,5)3-6/h4-8,16H,9H2,1-3H3;3-7,13-14H,8H2,1-2H3;1-5,9H;6H,3,5H2,1-2H3. The molecule has 0 aromatic heterocycles. The number of esters is 1. The van der Waals surface area contributed by atoms with Crippen LogP contribution in [0.1, 0.15) is 70.0 Å². The number of carbonyl (C=O) groups is 2. The SMILES string of the molecule is CC(=O)OCC(C)(C)N=Cc1ccccc1O.CC(C)(CO)N=Cc1ccccc1O.CC(C)(N)CO.O=Cc1ccccc1O. The van der Waals surface area contributed by atoms with Crippen LogP contribution < -0.4 is 5.73 Å². The van der Waals surface area contributed by atoms with E-state index in [1.165, 1.54) is 13.0 Å². The lowest BCUT2D eigenvalue weighted by atomic mass is 10.1. The highest BCUT2D eigenvalue weighted by Gasteiger charge is 2.17. The molecule has 0 saturated heterocycles. The van der Waals surface area contributed by atoms with E-state index in [9.17, 15) is 19.8 Å². The quantitative estimate of drug-likeness (QED) is 0.110. The maximum atomic E-state index is 10.7. The van der Waals surface area contributed by atoms with Crippen molar-refractivity contribution in [1.29, 1.82) is 0 Å². The largest absolute Gasteiger partial charge is 0.507 e. The van der Waals surface area contributed by atoms with E-state index in [0.29, 0.717) is 23.0 Å². The smallest absolute Gasteiger partial charge is 0.302 e. The van der Waals surface area contributed by atoms with Gasteiger partial charge in [-0.15, -0.1) is 0 Å². The van der Waals surface area contributed by atoms with Crippen LogP contribution >= 0.6 is 0 Å². The lowest BCUT2D eigenvalue weighted by Crippen LogP contribution is -2.35. The van der Waals surface area contributed by atoms with E-state index in [0.717, 1.165) is 0 Å². The summed E-state index contributed by atoms with van der Waals surface area (Å²) in [7, 11) is 0. The lowest BCUT2D eigenvalue weighted by Gasteiger charge is -2.18. The minimum atomic E-state index is -0.506. The maximum Gasteiger partial charge on any atom is 0.302 e. The van der Waals surface area contributed by atoms with Gasteiger partial charge in [-0.1, -0.05) is 36.4 Å². The first-order chi connectivity index (χ1) is 21.4. The Morgan fingerprint density at radius 2 is 1.04 bits per heavy atom. The summed E-state index contributed by atoms with van der Waals surface area (Å²) in [6.07, 6.45) is 3.78. The molecule has 3 aromatic carbocycles. The predicted octanol–water partition coefficient (Wildman–Crippen LogP) is 4.66. The number of aldehydes is 1. The molecule has 0 amide bonds. The second-order valence-corrected chi connectivity index (χ2v) is 12.0. The number of ether oxygens (including phenoxy) is 1. The fourth-order valence-corrected chi connectivity index (χ4v) is 2.63. The summed E-state index contributed by atoms with van der Waals surface area (Å²) in [4.78, 5) is 29.2. The van der Waals surface area contributed by atoms with Gasteiger partial charge in [-0.05, 0) is 77.9 Å². The zero-order valence-corrected chi connectivity index (χ0v) is 27.7. The fraction of sp³-hybridized carbons (Fsp3) is 0.371. The second kappa shape index (κ2) is 20.5. The van der Waals surface area contributed by atoms with Crippen molar-refractivity contribution in [2.45, 2.75) is 65.1 Å². The fourth-order valence-electron chi connectivity index (χ4n) is 2.63. The van der Waals surface area contributed by atoms with Crippen molar-refractivity contribution < 1.29 is 39.9 Å². The van der Waals surface area contributed by atoms with Gasteiger partial charge >= 0.3 is 5.97 Å². The van der Waals surface area contributed by atoms with E-state index in [1.807, 2.05) is 39.8 Å². The molecule has 7 N–H and O–H groups in total. The van der Waals surface area contributed by atoms with Gasteiger partial charge in [0.2, 0.25) is 0 Å². The van der Waals surface area contributed by atoms with Gasteiger partial charge in [0.1, 0.15) is 23.9 Å². The van der Waals surface area contributed by atoms with Crippen molar-refractivity contribution in [2.24, 2.45) is 15.7 Å². The van der Waals surface area contributed by atoms with E-state index < -0.39 is 16.6 Å². The molecule has 3 aromatic rings. The molecule has 0 atom stereocenters. The molecule has 0 fully saturated rings. The van der Waals surface area contributed by atoms with Crippen molar-refractivity contribution in [2.75, 3.05) is 19.8 Å². The number of nitrogens with zero attached hydrogens (tertiary/aromatic N) is 2. The molecule has 0 saturated carbocycles. The Labute approximate surface area is 271 Å². The third-order valence-corrected chi connectivity index (χ3v) is 5.47. The summed E-state index contributed by atoms with van der Waals surface area (Å²) in [5.41, 5.74) is 5.51. The molecule has 3 rings (SSSR count). The molecule has 0 unspecified atom stereocenters. The number of nitrogens with two attached hydrogens (primary N) is 1. The molecule has 0 heterocycles. The van der Waals surface area contributed by atoms with Crippen LogP contribution in [0.4, 0.5) is 0 Å². The molecule has 11 nitrogen and oxygen atoms in total. The number of aliphatic hydroxyl groups excluding tert-OH is 2. The number of aliphatic imine (C=N–C) groups is 2. The van der Waals surface area contributed by atoms with Gasteiger partial charge in [-0.25, -0.2) is 0 Å². The number of para-hydroxylation sites is 3. The van der Waals surface area contributed by atoms with Crippen LogP contribution in [0.15, 0.2) is 82.8 Å². The van der Waals surface area contributed by atoms with Crippen LogP contribution in [0.2, 0.25) is 0 Å². The Morgan fingerprint density at radius 3 is 1.33 bits per heavy atom. The normalized spacial score (nSPS) is 11.3. The van der Waals surface area contributed by atoms with Crippen LogP contribution in [-0.4, -0.2) is 86.7 Å². The molecule has 0 radical (unpaired) electrons. The first-order valence-corrected chi connectivity index (χ1v) is 14.4. The molecule has 46 heavy (non-hydrogen) atoms. The number of hydrogen-bond donors (Lipinski definition) is 6. The van der Waals surface area contributed by atoms with E-state index in [2.05, 4.69) is 9.98 Å². The maximum absolute atomic E-state index is 10.7. The van der Waals surface area contributed by atoms with Crippen molar-refractivity contribution in [3.05, 3.63) is 89.5 Å². The molecule has 0 aliphatic rings. The second-order valence-electron chi connectivity index (χ2n) is 12.0. The third kappa shape index (κ3) is 19.6. The van der Waals surface area contributed by atoms with Crippen LogP contribution in [0, 0.1) is 0 Å². The van der Waals surface area contributed by atoms with Crippen LogP contribution in [0.5, 0.6) is 17.2 Å². The minimum absolute atomic E-state index is 0.0168. The summed E-state index contributed by atoms with van der Waals surface area (Å²) in [5.74, 6) is 0.0906. The number of carbonyl (C=O) groups excluding carboxylic acids is 2. The summed E-state index contributed by atoms with van der Waals surface area (Å²) in [6, 6.07) is 20.3. The highest BCUT2D eigenvalue weighted by Crippen LogP contribution is 2.17. The topological polar surface area (TPSA) is 195 Å². The molecule has 11 heteroatoms. The van der Waals surface area contributed by atoms with Gasteiger partial charge in [-0.2, -0.15) is 0 Å². The minimum Gasteiger partial charge on any atom is -0.507 e. The van der Waals surface area contributed by atoms with E-state index in [4.69, 9.17) is 25.8 Å². The lowest BCUT2D eigenvalue weighted by molar-refractivity contribution is -0.142. The third-order valence-electron chi connectivity index (χ3n) is 5.47. The van der Waals surface area contributed by atoms with E-state index >= 15 is 0 Å². The first kappa shape index (κ1) is 41.4. The van der Waals surface area contributed by atoms with E-state index in [1.54, 1.807) is 80.9 Å². The Morgan fingerprint density at radius 1 is 0.696 bits per heavy atom. The number of rotatable bonds is 9. The average Bonchev–Trinajstić information content (AvgIpc) is 3.00. The Kier molecular flexibility index (Phi) is 18.4. The van der Waals surface area contributed by atoms with Crippen LogP contribution in [0.25, 0.3) is 0 Å². The molecule has 0 bridgehead atoms. The van der Waals surface area contributed by atoms with E-state index in [-0.39, 0.29) is 43.0 Å². The number of aromatic hydroxyl groups is 3. The van der Waals surface area contributed by atoms with Gasteiger partial charge in [0, 0.05) is 36.0 Å². The first-order valence-electron chi connectivity index (χ1n) is 14.4. The number of phenols is 3. The molecule has 0 spiro atoms. The molecular formula is C35H49N3O8. The van der Waals surface area contributed by atoms with Crippen molar-refractivity contribution in [1.82, 2.24) is 0 Å². The molecule has 0 aliphatic heterocycles.